The molecule has 0 aromatic heterocycles. The predicted molar refractivity (Wildman–Crippen MR) is 85.7 cm³/mol. The Balaban J connectivity index is 2.24. The monoisotopic (exact) mass is 291 g/mol. The summed E-state index contributed by atoms with van der Waals surface area (Å²) in [5, 5.41) is 0. The van der Waals surface area contributed by atoms with E-state index in [1.807, 2.05) is 43.0 Å². The molecule has 1 fully saturated rings. The van der Waals surface area contributed by atoms with Gasteiger partial charge in [0.1, 0.15) is 0 Å². The second kappa shape index (κ2) is 6.35. The number of morpholine rings is 1. The van der Waals surface area contributed by atoms with Crippen molar-refractivity contribution < 1.29 is 9.53 Å². The fourth-order valence-corrected chi connectivity index (χ4v) is 2.69. The molecular formula is C16H25N3O2. The average Bonchev–Trinajstić information content (AvgIpc) is 2.45. The van der Waals surface area contributed by atoms with Gasteiger partial charge in [0.15, 0.2) is 0 Å². The van der Waals surface area contributed by atoms with Gasteiger partial charge in [-0.2, -0.15) is 0 Å². The zero-order chi connectivity index (χ0) is 15.6. The van der Waals surface area contributed by atoms with Crippen LogP contribution in [0, 0.1) is 0 Å². The highest BCUT2D eigenvalue weighted by Crippen LogP contribution is 2.24. The molecule has 0 radical (unpaired) electrons. The number of amides is 1. The Morgan fingerprint density at radius 3 is 2.76 bits per heavy atom. The van der Waals surface area contributed by atoms with Crippen LogP contribution in [-0.2, 0) is 4.74 Å². The van der Waals surface area contributed by atoms with Gasteiger partial charge in [-0.05, 0) is 31.5 Å². The number of nitrogens with zero attached hydrogens (tertiary/aromatic N) is 2. The van der Waals surface area contributed by atoms with Crippen LogP contribution >= 0.6 is 0 Å². The van der Waals surface area contributed by atoms with Crippen molar-refractivity contribution in [3.63, 3.8) is 0 Å². The maximum atomic E-state index is 12.7. The smallest absolute Gasteiger partial charge is 0.254 e. The molecule has 2 N–H and O–H groups in total. The quantitative estimate of drug-likeness (QED) is 0.865. The van der Waals surface area contributed by atoms with Crippen LogP contribution in [0.5, 0.6) is 0 Å². The first kappa shape index (κ1) is 15.6. The lowest BCUT2D eigenvalue weighted by Gasteiger charge is -2.38. The molecular weight excluding hydrogens is 266 g/mol. The van der Waals surface area contributed by atoms with E-state index in [0.717, 1.165) is 12.1 Å². The number of hydrogen-bond donors (Lipinski definition) is 1. The van der Waals surface area contributed by atoms with Crippen LogP contribution in [0.3, 0.4) is 0 Å². The maximum Gasteiger partial charge on any atom is 0.254 e. The molecule has 21 heavy (non-hydrogen) atoms. The fraction of sp³-hybridized carbons (Fsp3) is 0.562. The Hall–Kier alpha value is -1.75. The average molecular weight is 291 g/mol. The number of carbonyl (C=O) groups is 1. The van der Waals surface area contributed by atoms with Crippen LogP contribution in [-0.4, -0.2) is 50.2 Å². The van der Waals surface area contributed by atoms with Gasteiger partial charge in [-0.1, -0.05) is 6.92 Å². The lowest BCUT2D eigenvalue weighted by atomic mass is 10.1. The van der Waals surface area contributed by atoms with Crippen molar-refractivity contribution in [3.8, 4) is 0 Å². The van der Waals surface area contributed by atoms with Crippen LogP contribution in [0.25, 0.3) is 0 Å². The van der Waals surface area contributed by atoms with Crippen LogP contribution in [0.15, 0.2) is 18.2 Å². The highest BCUT2D eigenvalue weighted by molar-refractivity contribution is 5.96. The first-order valence-electron chi connectivity index (χ1n) is 7.43. The molecule has 5 nitrogen and oxygen atoms in total. The summed E-state index contributed by atoms with van der Waals surface area (Å²) in [4.78, 5) is 16.6. The molecule has 116 valence electrons. The van der Waals surface area contributed by atoms with Crippen molar-refractivity contribution in [3.05, 3.63) is 23.8 Å². The van der Waals surface area contributed by atoms with Gasteiger partial charge in [-0.25, -0.2) is 0 Å². The Labute approximate surface area is 126 Å². The molecule has 0 spiro atoms. The molecule has 0 bridgehead atoms. The Kier molecular flexibility index (Phi) is 4.73. The van der Waals surface area contributed by atoms with Crippen molar-refractivity contribution in [1.82, 2.24) is 4.90 Å². The highest BCUT2D eigenvalue weighted by Gasteiger charge is 2.30. The third kappa shape index (κ3) is 3.29. The van der Waals surface area contributed by atoms with Crippen molar-refractivity contribution in [2.45, 2.75) is 32.4 Å². The van der Waals surface area contributed by atoms with Gasteiger partial charge >= 0.3 is 0 Å². The lowest BCUT2D eigenvalue weighted by Crippen LogP contribution is -2.51. The molecule has 2 atom stereocenters. The van der Waals surface area contributed by atoms with Crippen LogP contribution in [0.2, 0.25) is 0 Å². The largest absolute Gasteiger partial charge is 0.397 e. The maximum absolute atomic E-state index is 12.7. The van der Waals surface area contributed by atoms with E-state index in [2.05, 4.69) is 6.92 Å². The first-order chi connectivity index (χ1) is 9.93. The van der Waals surface area contributed by atoms with E-state index in [1.54, 1.807) is 6.07 Å². The van der Waals surface area contributed by atoms with E-state index in [-0.39, 0.29) is 18.1 Å². The van der Waals surface area contributed by atoms with Gasteiger partial charge in [0.25, 0.3) is 5.91 Å². The van der Waals surface area contributed by atoms with E-state index in [0.29, 0.717) is 24.4 Å². The van der Waals surface area contributed by atoms with Crippen molar-refractivity contribution in [2.75, 3.05) is 37.9 Å². The van der Waals surface area contributed by atoms with Gasteiger partial charge in [0, 0.05) is 26.2 Å². The second-order valence-corrected chi connectivity index (χ2v) is 5.83. The van der Waals surface area contributed by atoms with Gasteiger partial charge < -0.3 is 20.3 Å². The molecule has 1 heterocycles. The lowest BCUT2D eigenvalue weighted by molar-refractivity contribution is -0.0444. The Morgan fingerprint density at radius 2 is 2.19 bits per heavy atom. The number of benzene rings is 1. The Morgan fingerprint density at radius 1 is 1.48 bits per heavy atom. The minimum Gasteiger partial charge on any atom is -0.397 e. The van der Waals surface area contributed by atoms with Crippen LogP contribution in [0.4, 0.5) is 11.4 Å². The van der Waals surface area contributed by atoms with E-state index >= 15 is 0 Å². The molecule has 0 saturated carbocycles. The van der Waals surface area contributed by atoms with E-state index < -0.39 is 0 Å². The molecule has 1 aromatic carbocycles. The molecule has 1 saturated heterocycles. The van der Waals surface area contributed by atoms with Gasteiger partial charge in [0.05, 0.1) is 30.1 Å². The van der Waals surface area contributed by atoms with Gasteiger partial charge in [0.2, 0.25) is 0 Å². The molecule has 1 aliphatic heterocycles. The summed E-state index contributed by atoms with van der Waals surface area (Å²) in [6, 6.07) is 5.65. The van der Waals surface area contributed by atoms with Gasteiger partial charge in [-0.3, -0.25) is 4.79 Å². The molecule has 1 aliphatic rings. The second-order valence-electron chi connectivity index (χ2n) is 5.83. The third-order valence-electron chi connectivity index (χ3n) is 3.96. The number of anilines is 2. The molecule has 2 rings (SSSR count). The van der Waals surface area contributed by atoms with E-state index in [9.17, 15) is 4.79 Å². The summed E-state index contributed by atoms with van der Waals surface area (Å²) >= 11 is 0. The van der Waals surface area contributed by atoms with Crippen molar-refractivity contribution >= 4 is 17.3 Å². The van der Waals surface area contributed by atoms with Gasteiger partial charge in [-0.15, -0.1) is 0 Å². The number of nitrogen functional groups attached to an aromatic ring is 1. The minimum absolute atomic E-state index is 0.0361. The highest BCUT2D eigenvalue weighted by atomic mass is 16.5. The summed E-state index contributed by atoms with van der Waals surface area (Å²) in [6.45, 7) is 5.31. The topological polar surface area (TPSA) is 58.8 Å². The molecule has 1 amide bonds. The minimum atomic E-state index is 0.0361. The zero-order valence-corrected chi connectivity index (χ0v) is 13.3. The molecule has 0 aliphatic carbocycles. The molecule has 2 unspecified atom stereocenters. The number of nitrogens with two attached hydrogens (primary N) is 1. The number of carbonyl (C=O) groups excluding carboxylic acids is 1. The number of hydrogen-bond acceptors (Lipinski definition) is 4. The first-order valence-corrected chi connectivity index (χ1v) is 7.43. The Bertz CT molecular complexity index is 516. The van der Waals surface area contributed by atoms with Crippen molar-refractivity contribution in [2.24, 2.45) is 0 Å². The molecule has 1 aromatic rings. The standard InChI is InChI=1S/C16H25N3O2/c1-5-13-10-21-11(2)9-19(13)16(20)12-6-7-15(18(3)4)14(17)8-12/h6-8,11,13H,5,9-10,17H2,1-4H3. The SMILES string of the molecule is CCC1COC(C)CN1C(=O)c1ccc(N(C)C)c(N)c1. The third-order valence-corrected chi connectivity index (χ3v) is 3.96. The summed E-state index contributed by atoms with van der Waals surface area (Å²) < 4.78 is 5.65. The number of rotatable bonds is 3. The fourth-order valence-electron chi connectivity index (χ4n) is 2.69. The summed E-state index contributed by atoms with van der Waals surface area (Å²) in [5.41, 5.74) is 8.24. The summed E-state index contributed by atoms with van der Waals surface area (Å²) in [7, 11) is 3.87. The summed E-state index contributed by atoms with van der Waals surface area (Å²) in [6.07, 6.45) is 0.971. The normalized spacial score (nSPS) is 22.2. The van der Waals surface area contributed by atoms with Crippen molar-refractivity contribution in [1.29, 1.82) is 0 Å². The number of ether oxygens (including phenoxy) is 1. The molecule has 5 heteroatoms. The predicted octanol–water partition coefficient (Wildman–Crippen LogP) is 1.97. The van der Waals surface area contributed by atoms with Crippen LogP contribution in [0.1, 0.15) is 30.6 Å². The van der Waals surface area contributed by atoms with E-state index in [1.165, 1.54) is 0 Å². The van der Waals surface area contributed by atoms with Crippen LogP contribution < -0.4 is 10.6 Å². The zero-order valence-electron chi connectivity index (χ0n) is 13.3. The summed E-state index contributed by atoms with van der Waals surface area (Å²) in [5.74, 6) is 0.0361. The van der Waals surface area contributed by atoms with E-state index in [4.69, 9.17) is 10.5 Å².